The number of hydrogen-bond donors (Lipinski definition) is 0. The highest BCUT2D eigenvalue weighted by molar-refractivity contribution is 7.17. The van der Waals surface area contributed by atoms with E-state index < -0.39 is 0 Å². The van der Waals surface area contributed by atoms with Crippen LogP contribution in [0.2, 0.25) is 0 Å². The van der Waals surface area contributed by atoms with Crippen molar-refractivity contribution < 1.29 is 9.09 Å². The lowest BCUT2D eigenvalue weighted by atomic mass is 10.1. The van der Waals surface area contributed by atoms with E-state index in [0.29, 0.717) is 12.5 Å². The van der Waals surface area contributed by atoms with Crippen LogP contribution >= 0.6 is 8.69 Å². The highest BCUT2D eigenvalue weighted by atomic mass is 31.1. The summed E-state index contributed by atoms with van der Waals surface area (Å²) < 4.78 is 14.3. The van der Waals surface area contributed by atoms with Crippen LogP contribution in [0.15, 0.2) is 0 Å². The van der Waals surface area contributed by atoms with E-state index >= 15 is 0 Å². The van der Waals surface area contributed by atoms with Gasteiger partial charge in [-0.1, -0.05) is 20.3 Å². The summed E-state index contributed by atoms with van der Waals surface area (Å²) >= 11 is 0. The van der Waals surface area contributed by atoms with Gasteiger partial charge in [0, 0.05) is 0 Å². The Hall–Kier alpha value is 0.0600. The molecule has 48 valence electrons. The van der Waals surface area contributed by atoms with Crippen molar-refractivity contribution >= 4 is 8.69 Å². The Kier molecular flexibility index (Phi) is 5.24. The van der Waals surface area contributed by atoms with Gasteiger partial charge in [0.25, 0.3) is 0 Å². The first-order valence-electron chi connectivity index (χ1n) is 2.75. The van der Waals surface area contributed by atoms with Crippen LogP contribution in [0.1, 0.15) is 20.3 Å². The van der Waals surface area contributed by atoms with E-state index in [-0.39, 0.29) is 8.69 Å². The van der Waals surface area contributed by atoms with E-state index in [1.54, 1.807) is 0 Å². The molecule has 0 fully saturated rings. The van der Waals surface area contributed by atoms with Crippen LogP contribution in [-0.4, -0.2) is 6.61 Å². The molecule has 0 aromatic rings. The van der Waals surface area contributed by atoms with Gasteiger partial charge in [-0.15, -0.1) is 0 Å². The zero-order chi connectivity index (χ0) is 6.41. The summed E-state index contributed by atoms with van der Waals surface area (Å²) in [6.45, 7) is 4.74. The number of rotatable bonds is 4. The largest absolute Gasteiger partial charge is 0.327 e. The van der Waals surface area contributed by atoms with Crippen LogP contribution in [0, 0.1) is 5.92 Å². The Morgan fingerprint density at radius 2 is 2.38 bits per heavy atom. The molecule has 1 unspecified atom stereocenters. The maximum absolute atomic E-state index is 9.70. The lowest BCUT2D eigenvalue weighted by molar-refractivity contribution is 0.277. The lowest BCUT2D eigenvalue weighted by Gasteiger charge is -2.01. The molecule has 0 bridgehead atoms. The maximum atomic E-state index is 9.70. The maximum Gasteiger partial charge on any atom is 0.327 e. The standard InChI is InChI=1S/C5H11O2P/c1-3-5(2)4-7-8-6/h5H,3-4H2,1-2H3. The molecule has 0 aliphatic rings. The molecule has 0 aliphatic heterocycles. The van der Waals surface area contributed by atoms with E-state index in [9.17, 15) is 4.57 Å². The summed E-state index contributed by atoms with van der Waals surface area (Å²) in [4.78, 5) is 0. The van der Waals surface area contributed by atoms with E-state index in [1.807, 2.05) is 0 Å². The number of hydrogen-bond acceptors (Lipinski definition) is 2. The van der Waals surface area contributed by atoms with Crippen molar-refractivity contribution in [2.75, 3.05) is 6.61 Å². The van der Waals surface area contributed by atoms with Crippen molar-refractivity contribution in [2.24, 2.45) is 5.92 Å². The van der Waals surface area contributed by atoms with Gasteiger partial charge in [-0.05, 0) is 5.92 Å². The smallest absolute Gasteiger partial charge is 0.294 e. The molecule has 0 amide bonds. The minimum absolute atomic E-state index is 0.201. The first-order valence-corrected chi connectivity index (χ1v) is 3.49. The molecule has 0 saturated heterocycles. The molecule has 2 nitrogen and oxygen atoms in total. The second kappa shape index (κ2) is 5.20. The zero-order valence-electron chi connectivity index (χ0n) is 5.26. The van der Waals surface area contributed by atoms with Crippen LogP contribution in [-0.2, 0) is 9.09 Å². The van der Waals surface area contributed by atoms with Crippen molar-refractivity contribution in [3.8, 4) is 0 Å². The Morgan fingerprint density at radius 1 is 1.75 bits per heavy atom. The molecule has 0 rings (SSSR count). The summed E-state index contributed by atoms with van der Waals surface area (Å²) in [5.41, 5.74) is 0. The first kappa shape index (κ1) is 8.06. The minimum atomic E-state index is -0.201. The normalized spacial score (nSPS) is 14.2. The molecule has 3 heteroatoms. The van der Waals surface area contributed by atoms with Crippen LogP contribution < -0.4 is 0 Å². The van der Waals surface area contributed by atoms with Crippen molar-refractivity contribution in [3.63, 3.8) is 0 Å². The summed E-state index contributed by atoms with van der Waals surface area (Å²) in [6.07, 6.45) is 1.08. The fourth-order valence-electron chi connectivity index (χ4n) is 0.276. The van der Waals surface area contributed by atoms with Gasteiger partial charge in [-0.25, -0.2) is 4.57 Å². The van der Waals surface area contributed by atoms with Crippen LogP contribution in [0.5, 0.6) is 0 Å². The first-order chi connectivity index (χ1) is 3.81. The monoisotopic (exact) mass is 134 g/mol. The molecule has 0 aromatic carbocycles. The summed E-state index contributed by atoms with van der Waals surface area (Å²) in [5, 5.41) is 0. The van der Waals surface area contributed by atoms with Gasteiger partial charge < -0.3 is 0 Å². The fourth-order valence-corrected chi connectivity index (χ4v) is 0.591. The van der Waals surface area contributed by atoms with Gasteiger partial charge in [-0.3, -0.25) is 4.52 Å². The molecule has 0 radical (unpaired) electrons. The average molecular weight is 134 g/mol. The second-order valence-electron chi connectivity index (χ2n) is 1.88. The van der Waals surface area contributed by atoms with Gasteiger partial charge in [-0.2, -0.15) is 0 Å². The van der Waals surface area contributed by atoms with Gasteiger partial charge in [0.15, 0.2) is 0 Å². The highest BCUT2D eigenvalue weighted by Crippen LogP contribution is 2.04. The molecule has 0 heterocycles. The van der Waals surface area contributed by atoms with Gasteiger partial charge in [0.1, 0.15) is 0 Å². The van der Waals surface area contributed by atoms with Gasteiger partial charge in [0.05, 0.1) is 6.61 Å². The quantitative estimate of drug-likeness (QED) is 0.551. The van der Waals surface area contributed by atoms with Gasteiger partial charge in [0.2, 0.25) is 0 Å². The molecule has 0 spiro atoms. The summed E-state index contributed by atoms with van der Waals surface area (Å²) in [7, 11) is -0.201. The molecule has 0 aliphatic carbocycles. The second-order valence-corrected chi connectivity index (χ2v) is 2.29. The molecule has 0 aromatic heterocycles. The zero-order valence-corrected chi connectivity index (χ0v) is 6.15. The van der Waals surface area contributed by atoms with Crippen molar-refractivity contribution in [1.29, 1.82) is 0 Å². The molecule has 0 saturated carbocycles. The minimum Gasteiger partial charge on any atom is -0.294 e. The Labute approximate surface area is 51.5 Å². The lowest BCUT2D eigenvalue weighted by Crippen LogP contribution is -1.98. The third-order valence-electron chi connectivity index (χ3n) is 1.11. The fraction of sp³-hybridized carbons (Fsp3) is 1.00. The highest BCUT2D eigenvalue weighted by Gasteiger charge is 1.95. The summed E-state index contributed by atoms with van der Waals surface area (Å²) in [6, 6.07) is 0. The van der Waals surface area contributed by atoms with E-state index in [4.69, 9.17) is 0 Å². The van der Waals surface area contributed by atoms with E-state index in [1.165, 1.54) is 0 Å². The topological polar surface area (TPSA) is 26.3 Å². The van der Waals surface area contributed by atoms with Crippen molar-refractivity contribution in [2.45, 2.75) is 20.3 Å². The average Bonchev–Trinajstić information content (AvgIpc) is 1.83. The Balaban J connectivity index is 2.97. The SMILES string of the molecule is CCC(C)COP=O. The third kappa shape index (κ3) is 4.23. The van der Waals surface area contributed by atoms with Crippen LogP contribution in [0.25, 0.3) is 0 Å². The molecule has 1 atom stereocenters. The van der Waals surface area contributed by atoms with Crippen molar-refractivity contribution in [1.82, 2.24) is 0 Å². The molecule has 0 N–H and O–H groups in total. The van der Waals surface area contributed by atoms with E-state index in [0.717, 1.165) is 6.42 Å². The van der Waals surface area contributed by atoms with E-state index in [2.05, 4.69) is 18.4 Å². The van der Waals surface area contributed by atoms with Crippen LogP contribution in [0.4, 0.5) is 0 Å². The summed E-state index contributed by atoms with van der Waals surface area (Å²) in [5.74, 6) is 0.524. The third-order valence-corrected chi connectivity index (χ3v) is 1.36. The predicted octanol–water partition coefficient (Wildman–Crippen LogP) is 2.26. The molecule has 8 heavy (non-hydrogen) atoms. The van der Waals surface area contributed by atoms with Gasteiger partial charge >= 0.3 is 8.69 Å². The van der Waals surface area contributed by atoms with Crippen molar-refractivity contribution in [3.05, 3.63) is 0 Å². The Morgan fingerprint density at radius 3 is 2.75 bits per heavy atom. The Bertz CT molecular complexity index is 65.4. The molecular formula is C5H11O2P. The predicted molar refractivity (Wildman–Crippen MR) is 33.0 cm³/mol. The van der Waals surface area contributed by atoms with Crippen LogP contribution in [0.3, 0.4) is 0 Å². The molecular weight excluding hydrogens is 123 g/mol.